The van der Waals surface area contributed by atoms with Crippen LogP contribution in [0, 0.1) is 5.82 Å². The Balaban J connectivity index is 2.09. The van der Waals surface area contributed by atoms with E-state index in [1.807, 2.05) is 0 Å². The first kappa shape index (κ1) is 13.3. The minimum Gasteiger partial charge on any atom is -0.336 e. The van der Waals surface area contributed by atoms with E-state index in [9.17, 15) is 14.0 Å². The third-order valence-corrected chi connectivity index (χ3v) is 3.28. The average Bonchev–Trinajstić information content (AvgIpc) is 2.86. The molecule has 7 heteroatoms. The molecule has 0 atom stereocenters. The van der Waals surface area contributed by atoms with Crippen molar-refractivity contribution in [3.8, 4) is 0 Å². The van der Waals surface area contributed by atoms with Crippen molar-refractivity contribution < 1.29 is 4.39 Å². The number of benzene rings is 1. The van der Waals surface area contributed by atoms with Crippen LogP contribution in [0.1, 0.15) is 18.3 Å². The third kappa shape index (κ3) is 2.37. The highest BCUT2D eigenvalue weighted by molar-refractivity contribution is 5.69. The summed E-state index contributed by atoms with van der Waals surface area (Å²) in [6, 6.07) is 6.04. The van der Waals surface area contributed by atoms with Crippen molar-refractivity contribution in [3.63, 3.8) is 0 Å². The summed E-state index contributed by atoms with van der Waals surface area (Å²) in [5.74, 6) is 0.245. The van der Waals surface area contributed by atoms with E-state index >= 15 is 0 Å². The zero-order valence-electron chi connectivity index (χ0n) is 11.3. The molecule has 3 aromatic rings. The molecule has 6 nitrogen and oxygen atoms in total. The number of imidazole rings is 1. The van der Waals surface area contributed by atoms with E-state index in [1.165, 1.54) is 16.7 Å². The molecule has 3 rings (SSSR count). The van der Waals surface area contributed by atoms with E-state index in [0.29, 0.717) is 24.4 Å². The largest absolute Gasteiger partial charge is 0.336 e. The molecule has 0 spiro atoms. The fraction of sp³-hybridized carbons (Fsp3) is 0.214. The smallest absolute Gasteiger partial charge is 0.330 e. The summed E-state index contributed by atoms with van der Waals surface area (Å²) in [5.41, 5.74) is 0.501. The summed E-state index contributed by atoms with van der Waals surface area (Å²) >= 11 is 0. The van der Waals surface area contributed by atoms with Gasteiger partial charge < -0.3 is 4.98 Å². The quantitative estimate of drug-likeness (QED) is 0.758. The van der Waals surface area contributed by atoms with Gasteiger partial charge in [-0.3, -0.25) is 14.3 Å². The maximum atomic E-state index is 12.9. The number of nitrogens with one attached hydrogen (secondary N) is 2. The number of fused-ring (bicyclic) bond motifs is 1. The second kappa shape index (κ2) is 5.01. The van der Waals surface area contributed by atoms with Gasteiger partial charge in [-0.25, -0.2) is 14.2 Å². The molecule has 0 aliphatic carbocycles. The molecule has 0 saturated heterocycles. The van der Waals surface area contributed by atoms with Gasteiger partial charge in [0.1, 0.15) is 17.2 Å². The minimum atomic E-state index is -0.488. The maximum Gasteiger partial charge on any atom is 0.330 e. The van der Waals surface area contributed by atoms with E-state index in [0.717, 1.165) is 5.56 Å². The van der Waals surface area contributed by atoms with Crippen molar-refractivity contribution in [2.75, 3.05) is 0 Å². The van der Waals surface area contributed by atoms with Crippen molar-refractivity contribution >= 4 is 11.2 Å². The van der Waals surface area contributed by atoms with Gasteiger partial charge in [0.2, 0.25) is 0 Å². The summed E-state index contributed by atoms with van der Waals surface area (Å²) in [6.45, 7) is 2.21. The summed E-state index contributed by atoms with van der Waals surface area (Å²) in [4.78, 5) is 33.0. The van der Waals surface area contributed by atoms with Crippen molar-refractivity contribution in [1.29, 1.82) is 0 Å². The molecular formula is C14H13FN4O2. The number of halogens is 1. The molecule has 0 aliphatic heterocycles. The standard InChI is InChI=1S/C14H13FN4O2/c1-2-19-12-11(13(20)18-14(19)21)16-10(17-12)7-8-3-5-9(15)6-4-8/h3-6H,2,7H2,1H3,(H,16,17)(H,18,20,21). The lowest BCUT2D eigenvalue weighted by Gasteiger charge is -2.00. The van der Waals surface area contributed by atoms with Crippen LogP contribution in [-0.4, -0.2) is 19.5 Å². The van der Waals surface area contributed by atoms with Crippen molar-refractivity contribution in [1.82, 2.24) is 19.5 Å². The number of nitrogens with zero attached hydrogens (tertiary/aromatic N) is 2. The Hall–Kier alpha value is -2.70. The summed E-state index contributed by atoms with van der Waals surface area (Å²) in [6.07, 6.45) is 0.423. The normalized spacial score (nSPS) is 11.1. The molecule has 2 heterocycles. The highest BCUT2D eigenvalue weighted by atomic mass is 19.1. The zero-order chi connectivity index (χ0) is 15.0. The lowest BCUT2D eigenvalue weighted by Crippen LogP contribution is -2.29. The van der Waals surface area contributed by atoms with Gasteiger partial charge >= 0.3 is 5.69 Å². The second-order valence-electron chi connectivity index (χ2n) is 4.69. The van der Waals surface area contributed by atoms with Gasteiger partial charge in [-0.2, -0.15) is 0 Å². The van der Waals surface area contributed by atoms with Crippen LogP contribution in [0.15, 0.2) is 33.9 Å². The van der Waals surface area contributed by atoms with Gasteiger partial charge in [-0.15, -0.1) is 0 Å². The van der Waals surface area contributed by atoms with Crippen LogP contribution in [0.5, 0.6) is 0 Å². The molecule has 108 valence electrons. The van der Waals surface area contributed by atoms with E-state index < -0.39 is 11.2 Å². The minimum absolute atomic E-state index is 0.272. The first-order valence-electron chi connectivity index (χ1n) is 6.54. The van der Waals surface area contributed by atoms with Crippen LogP contribution in [0.25, 0.3) is 11.2 Å². The molecular weight excluding hydrogens is 275 g/mol. The molecule has 0 bridgehead atoms. The van der Waals surface area contributed by atoms with Crippen molar-refractivity contribution in [3.05, 3.63) is 62.3 Å². The van der Waals surface area contributed by atoms with Gasteiger partial charge in [-0.05, 0) is 24.6 Å². The fourth-order valence-electron chi connectivity index (χ4n) is 2.26. The molecule has 0 aliphatic rings. The Morgan fingerprint density at radius 2 is 1.90 bits per heavy atom. The molecule has 0 amide bonds. The number of rotatable bonds is 3. The topological polar surface area (TPSA) is 83.5 Å². The molecule has 0 unspecified atom stereocenters. The van der Waals surface area contributed by atoms with E-state index in [1.54, 1.807) is 19.1 Å². The Bertz CT molecular complexity index is 905. The molecule has 0 fully saturated rings. The number of hydrogen-bond acceptors (Lipinski definition) is 3. The number of aromatic nitrogens is 4. The molecule has 21 heavy (non-hydrogen) atoms. The van der Waals surface area contributed by atoms with Crippen molar-refractivity contribution in [2.24, 2.45) is 0 Å². The summed E-state index contributed by atoms with van der Waals surface area (Å²) in [5, 5.41) is 0. The van der Waals surface area contributed by atoms with Crippen LogP contribution in [-0.2, 0) is 13.0 Å². The Morgan fingerprint density at radius 3 is 2.57 bits per heavy atom. The number of aromatic amines is 2. The van der Waals surface area contributed by atoms with Crippen LogP contribution in [0.3, 0.4) is 0 Å². The molecule has 0 saturated carbocycles. The summed E-state index contributed by atoms with van der Waals surface area (Å²) in [7, 11) is 0. The third-order valence-electron chi connectivity index (χ3n) is 3.28. The number of hydrogen-bond donors (Lipinski definition) is 2. The monoisotopic (exact) mass is 288 g/mol. The maximum absolute atomic E-state index is 12.9. The highest BCUT2D eigenvalue weighted by Crippen LogP contribution is 2.11. The van der Waals surface area contributed by atoms with Crippen LogP contribution in [0.2, 0.25) is 0 Å². The fourth-order valence-corrected chi connectivity index (χ4v) is 2.26. The Labute approximate surface area is 118 Å². The SMILES string of the molecule is CCn1c(=O)[nH]c(=O)c2[nH]c(Cc3ccc(F)cc3)nc21. The van der Waals surface area contributed by atoms with E-state index in [-0.39, 0.29) is 11.3 Å². The summed E-state index contributed by atoms with van der Waals surface area (Å²) < 4.78 is 14.3. The second-order valence-corrected chi connectivity index (χ2v) is 4.69. The Morgan fingerprint density at radius 1 is 1.19 bits per heavy atom. The predicted molar refractivity (Wildman–Crippen MR) is 75.9 cm³/mol. The lowest BCUT2D eigenvalue weighted by molar-refractivity contribution is 0.627. The zero-order valence-corrected chi connectivity index (χ0v) is 11.3. The molecule has 2 aromatic heterocycles. The molecule has 2 N–H and O–H groups in total. The predicted octanol–water partition coefficient (Wildman–Crippen LogP) is 1.16. The van der Waals surface area contributed by atoms with Gasteiger partial charge in [0.05, 0.1) is 0 Å². The average molecular weight is 288 g/mol. The van der Waals surface area contributed by atoms with Gasteiger partial charge in [0, 0.05) is 13.0 Å². The van der Waals surface area contributed by atoms with Crippen molar-refractivity contribution in [2.45, 2.75) is 19.9 Å². The molecule has 0 radical (unpaired) electrons. The number of H-pyrrole nitrogens is 2. The van der Waals surface area contributed by atoms with Gasteiger partial charge in [0.25, 0.3) is 5.56 Å². The number of aryl methyl sites for hydroxylation is 1. The Kier molecular flexibility index (Phi) is 3.17. The van der Waals surface area contributed by atoms with E-state index in [4.69, 9.17) is 0 Å². The van der Waals surface area contributed by atoms with Crippen LogP contribution >= 0.6 is 0 Å². The van der Waals surface area contributed by atoms with Crippen LogP contribution < -0.4 is 11.2 Å². The highest BCUT2D eigenvalue weighted by Gasteiger charge is 2.12. The molecule has 1 aromatic carbocycles. The van der Waals surface area contributed by atoms with E-state index in [2.05, 4.69) is 15.0 Å². The first-order valence-corrected chi connectivity index (χ1v) is 6.54. The lowest BCUT2D eigenvalue weighted by atomic mass is 10.1. The van der Waals surface area contributed by atoms with Gasteiger partial charge in [-0.1, -0.05) is 12.1 Å². The van der Waals surface area contributed by atoms with Crippen LogP contribution in [0.4, 0.5) is 4.39 Å². The first-order chi connectivity index (χ1) is 10.1. The van der Waals surface area contributed by atoms with Gasteiger partial charge in [0.15, 0.2) is 5.65 Å².